The molecule has 3 N–H and O–H groups in total. The molecule has 0 bridgehead atoms. The number of nitrogens with one attached hydrogen (secondary N) is 1. The van der Waals surface area contributed by atoms with E-state index in [1.807, 2.05) is 0 Å². The van der Waals surface area contributed by atoms with Gasteiger partial charge in [-0.2, -0.15) is 13.2 Å². The molecule has 7 heteroatoms. The zero-order valence-electron chi connectivity index (χ0n) is 10.4. The fourth-order valence-electron chi connectivity index (χ4n) is 1.43. The maximum absolute atomic E-state index is 12.5. The number of hydrogen-bond donors (Lipinski definition) is 2. The Labute approximate surface area is 108 Å². The lowest BCUT2D eigenvalue weighted by molar-refractivity contribution is -0.137. The molecule has 0 aliphatic carbocycles. The maximum Gasteiger partial charge on any atom is 0.416 e. The van der Waals surface area contributed by atoms with Crippen LogP contribution in [0.4, 0.5) is 13.2 Å². The van der Waals surface area contributed by atoms with Crippen LogP contribution in [0.1, 0.15) is 17.5 Å². The summed E-state index contributed by atoms with van der Waals surface area (Å²) in [5.74, 6) is -0.301. The predicted molar refractivity (Wildman–Crippen MR) is 64.4 cm³/mol. The Morgan fingerprint density at radius 1 is 1.32 bits per heavy atom. The van der Waals surface area contributed by atoms with Crippen LogP contribution in [0, 0.1) is 5.41 Å². The Hall–Kier alpha value is -1.76. The Kier molecular flexibility index (Phi) is 5.17. The number of benzene rings is 1. The van der Waals surface area contributed by atoms with Crippen molar-refractivity contribution in [2.24, 2.45) is 5.73 Å². The number of amidine groups is 1. The van der Waals surface area contributed by atoms with Crippen LogP contribution >= 0.6 is 0 Å². The largest absolute Gasteiger partial charge is 0.493 e. The highest BCUT2D eigenvalue weighted by molar-refractivity contribution is 5.97. The number of ether oxygens (including phenoxy) is 2. The van der Waals surface area contributed by atoms with Crippen LogP contribution in [0.25, 0.3) is 0 Å². The average Bonchev–Trinajstić information content (AvgIpc) is 2.33. The van der Waals surface area contributed by atoms with E-state index in [2.05, 4.69) is 0 Å². The van der Waals surface area contributed by atoms with Crippen molar-refractivity contribution >= 4 is 5.84 Å². The molecule has 0 aliphatic rings. The SMILES string of the molecule is COCCCOc1ccc(C(F)(F)F)cc1C(=N)N. The fourth-order valence-corrected chi connectivity index (χ4v) is 1.43. The molecule has 0 aliphatic heterocycles. The van der Waals surface area contributed by atoms with E-state index in [4.69, 9.17) is 20.6 Å². The van der Waals surface area contributed by atoms with E-state index in [1.165, 1.54) is 6.07 Å². The standard InChI is InChI=1S/C12H15F3N2O2/c1-18-5-2-6-19-10-4-3-8(12(13,14)15)7-9(10)11(16)17/h3-4,7H,2,5-6H2,1H3,(H3,16,17). The predicted octanol–water partition coefficient (Wildman–Crippen LogP) is 2.40. The molecule has 106 valence electrons. The summed E-state index contributed by atoms with van der Waals surface area (Å²) < 4.78 is 47.8. The minimum atomic E-state index is -4.47. The van der Waals surface area contributed by atoms with Gasteiger partial charge in [-0.25, -0.2) is 0 Å². The van der Waals surface area contributed by atoms with Crippen molar-refractivity contribution in [3.05, 3.63) is 29.3 Å². The van der Waals surface area contributed by atoms with Gasteiger partial charge in [-0.15, -0.1) is 0 Å². The monoisotopic (exact) mass is 276 g/mol. The van der Waals surface area contributed by atoms with E-state index in [0.29, 0.717) is 13.0 Å². The van der Waals surface area contributed by atoms with E-state index in [1.54, 1.807) is 7.11 Å². The Bertz CT molecular complexity index is 447. The highest BCUT2D eigenvalue weighted by Crippen LogP contribution is 2.32. The number of nitrogens with two attached hydrogens (primary N) is 1. The van der Waals surface area contributed by atoms with Gasteiger partial charge in [0.05, 0.1) is 17.7 Å². The van der Waals surface area contributed by atoms with Crippen molar-refractivity contribution < 1.29 is 22.6 Å². The number of rotatable bonds is 6. The summed E-state index contributed by atoms with van der Waals surface area (Å²) >= 11 is 0. The first kappa shape index (κ1) is 15.3. The van der Waals surface area contributed by atoms with Crippen molar-refractivity contribution in [2.75, 3.05) is 20.3 Å². The van der Waals surface area contributed by atoms with Crippen LogP contribution in [0.15, 0.2) is 18.2 Å². The van der Waals surface area contributed by atoms with Crippen LogP contribution in [0.3, 0.4) is 0 Å². The summed E-state index contributed by atoms with van der Waals surface area (Å²) in [7, 11) is 1.54. The van der Waals surface area contributed by atoms with E-state index < -0.39 is 17.6 Å². The second-order valence-electron chi connectivity index (χ2n) is 3.82. The molecule has 19 heavy (non-hydrogen) atoms. The molecule has 0 aromatic heterocycles. The second kappa shape index (κ2) is 6.42. The molecule has 0 fully saturated rings. The lowest BCUT2D eigenvalue weighted by Gasteiger charge is -2.13. The molecule has 0 unspecified atom stereocenters. The van der Waals surface area contributed by atoms with Crippen LogP contribution in [0.2, 0.25) is 0 Å². The van der Waals surface area contributed by atoms with Gasteiger partial charge in [0.25, 0.3) is 0 Å². The normalized spacial score (nSPS) is 11.4. The third-order valence-corrected chi connectivity index (χ3v) is 2.35. The molecule has 4 nitrogen and oxygen atoms in total. The van der Waals surface area contributed by atoms with Crippen LogP contribution in [0.5, 0.6) is 5.75 Å². The molecule has 0 spiro atoms. The quantitative estimate of drug-likeness (QED) is 0.476. The number of hydrogen-bond acceptors (Lipinski definition) is 3. The Morgan fingerprint density at radius 2 is 2.00 bits per heavy atom. The highest BCUT2D eigenvalue weighted by atomic mass is 19.4. The van der Waals surface area contributed by atoms with Crippen molar-refractivity contribution in [3.8, 4) is 5.75 Å². The van der Waals surface area contributed by atoms with Crippen molar-refractivity contribution in [3.63, 3.8) is 0 Å². The lowest BCUT2D eigenvalue weighted by Crippen LogP contribution is -2.16. The molecular formula is C12H15F3N2O2. The zero-order valence-corrected chi connectivity index (χ0v) is 10.4. The van der Waals surface area contributed by atoms with Gasteiger partial charge in [0.1, 0.15) is 11.6 Å². The minimum absolute atomic E-state index is 0.0627. The maximum atomic E-state index is 12.5. The molecule has 0 radical (unpaired) electrons. The molecule has 0 saturated carbocycles. The first-order valence-corrected chi connectivity index (χ1v) is 5.53. The van der Waals surface area contributed by atoms with Crippen molar-refractivity contribution in [1.29, 1.82) is 5.41 Å². The third kappa shape index (κ3) is 4.44. The van der Waals surface area contributed by atoms with E-state index in [9.17, 15) is 13.2 Å². The Balaban J connectivity index is 2.90. The molecule has 0 amide bonds. The molecule has 1 aromatic carbocycles. The molecule has 0 heterocycles. The average molecular weight is 276 g/mol. The Morgan fingerprint density at radius 3 is 2.53 bits per heavy atom. The van der Waals surface area contributed by atoms with Crippen LogP contribution in [-0.2, 0) is 10.9 Å². The first-order chi connectivity index (χ1) is 8.86. The summed E-state index contributed by atoms with van der Waals surface area (Å²) in [5, 5.41) is 7.30. The lowest BCUT2D eigenvalue weighted by atomic mass is 10.1. The fraction of sp³-hybridized carbons (Fsp3) is 0.417. The van der Waals surface area contributed by atoms with Crippen LogP contribution in [-0.4, -0.2) is 26.2 Å². The summed E-state index contributed by atoms with van der Waals surface area (Å²) in [5.41, 5.74) is 4.35. The summed E-state index contributed by atoms with van der Waals surface area (Å²) in [6.07, 6.45) is -3.88. The van der Waals surface area contributed by atoms with Gasteiger partial charge in [-0.1, -0.05) is 0 Å². The second-order valence-corrected chi connectivity index (χ2v) is 3.82. The van der Waals surface area contributed by atoms with E-state index >= 15 is 0 Å². The smallest absolute Gasteiger partial charge is 0.416 e. The summed E-state index contributed by atoms with van der Waals surface area (Å²) in [4.78, 5) is 0. The van der Waals surface area contributed by atoms with E-state index in [0.717, 1.165) is 12.1 Å². The number of nitrogen functional groups attached to an aromatic ring is 1. The van der Waals surface area contributed by atoms with Crippen LogP contribution < -0.4 is 10.5 Å². The molecule has 0 atom stereocenters. The summed E-state index contributed by atoms with van der Waals surface area (Å²) in [6, 6.07) is 2.89. The molecule has 1 rings (SSSR count). The van der Waals surface area contributed by atoms with Gasteiger partial charge in [0.2, 0.25) is 0 Å². The van der Waals surface area contributed by atoms with Gasteiger partial charge >= 0.3 is 6.18 Å². The third-order valence-electron chi connectivity index (χ3n) is 2.35. The molecular weight excluding hydrogens is 261 g/mol. The van der Waals surface area contributed by atoms with Gasteiger partial charge in [0.15, 0.2) is 0 Å². The highest BCUT2D eigenvalue weighted by Gasteiger charge is 2.31. The number of alkyl halides is 3. The summed E-state index contributed by atoms with van der Waals surface area (Å²) in [6.45, 7) is 0.759. The van der Waals surface area contributed by atoms with E-state index in [-0.39, 0.29) is 17.9 Å². The number of halogens is 3. The topological polar surface area (TPSA) is 68.3 Å². The van der Waals surface area contributed by atoms with Gasteiger partial charge in [0, 0.05) is 20.1 Å². The van der Waals surface area contributed by atoms with Crippen molar-refractivity contribution in [2.45, 2.75) is 12.6 Å². The zero-order chi connectivity index (χ0) is 14.5. The van der Waals surface area contributed by atoms with Gasteiger partial charge in [-0.3, -0.25) is 5.41 Å². The van der Waals surface area contributed by atoms with Crippen molar-refractivity contribution in [1.82, 2.24) is 0 Å². The number of methoxy groups -OCH3 is 1. The molecule has 0 saturated heterocycles. The molecule has 1 aromatic rings. The first-order valence-electron chi connectivity index (χ1n) is 5.53. The van der Waals surface area contributed by atoms with Gasteiger partial charge in [-0.05, 0) is 18.2 Å². The minimum Gasteiger partial charge on any atom is -0.493 e. The van der Waals surface area contributed by atoms with Gasteiger partial charge < -0.3 is 15.2 Å².